The monoisotopic (exact) mass is 314 g/mol. The number of anilines is 1. The molecule has 0 saturated heterocycles. The van der Waals surface area contributed by atoms with E-state index in [1.165, 1.54) is 0 Å². The van der Waals surface area contributed by atoms with Crippen molar-refractivity contribution in [2.75, 3.05) is 31.6 Å². The van der Waals surface area contributed by atoms with Crippen LogP contribution in [0.3, 0.4) is 0 Å². The lowest BCUT2D eigenvalue weighted by atomic mass is 10.2. The third kappa shape index (κ3) is 4.09. The number of hydrogen-bond acceptors (Lipinski definition) is 6. The first-order valence-electron chi connectivity index (χ1n) is 7.51. The Kier molecular flexibility index (Phi) is 4.88. The predicted octanol–water partition coefficient (Wildman–Crippen LogP) is 1.48. The van der Waals surface area contributed by atoms with Crippen LogP contribution in [0.2, 0.25) is 0 Å². The normalized spacial score (nSPS) is 13.0. The molecule has 1 amide bonds. The maximum Gasteiger partial charge on any atom is 0.251 e. The molecule has 2 aromatic rings. The van der Waals surface area contributed by atoms with Gasteiger partial charge in [-0.25, -0.2) is 4.98 Å². The molecule has 2 N–H and O–H groups in total. The van der Waals surface area contributed by atoms with Crippen molar-refractivity contribution in [1.82, 2.24) is 15.3 Å². The van der Waals surface area contributed by atoms with E-state index in [4.69, 9.17) is 9.47 Å². The van der Waals surface area contributed by atoms with Gasteiger partial charge in [-0.05, 0) is 18.2 Å². The lowest BCUT2D eigenvalue weighted by Crippen LogP contribution is -2.28. The molecule has 1 aliphatic heterocycles. The van der Waals surface area contributed by atoms with Gasteiger partial charge in [-0.15, -0.1) is 0 Å². The smallest absolute Gasteiger partial charge is 0.251 e. The summed E-state index contributed by atoms with van der Waals surface area (Å²) < 4.78 is 11.1. The van der Waals surface area contributed by atoms with E-state index in [1.54, 1.807) is 36.8 Å². The molecule has 0 aliphatic carbocycles. The highest BCUT2D eigenvalue weighted by Gasteiger charge is 2.13. The fraction of sp³-hybridized carbons (Fsp3) is 0.312. The Bertz CT molecular complexity index is 664. The van der Waals surface area contributed by atoms with Gasteiger partial charge in [0.05, 0.1) is 19.4 Å². The van der Waals surface area contributed by atoms with Gasteiger partial charge < -0.3 is 20.1 Å². The largest absolute Gasteiger partial charge is 0.490 e. The van der Waals surface area contributed by atoms with Crippen LogP contribution >= 0.6 is 0 Å². The Hall–Kier alpha value is -2.83. The van der Waals surface area contributed by atoms with Crippen LogP contribution in [-0.2, 0) is 0 Å². The SMILES string of the molecule is O=C(NCCNc1cnccn1)c1ccc2c(c1)OCCCO2. The van der Waals surface area contributed by atoms with Crippen molar-refractivity contribution in [3.63, 3.8) is 0 Å². The highest BCUT2D eigenvalue weighted by molar-refractivity contribution is 5.94. The van der Waals surface area contributed by atoms with E-state index < -0.39 is 0 Å². The lowest BCUT2D eigenvalue weighted by Gasteiger charge is -2.10. The van der Waals surface area contributed by atoms with Gasteiger partial charge in [0, 0.05) is 37.5 Å². The van der Waals surface area contributed by atoms with Gasteiger partial charge in [0.1, 0.15) is 5.82 Å². The number of nitrogens with one attached hydrogen (secondary N) is 2. The number of ether oxygens (including phenoxy) is 2. The van der Waals surface area contributed by atoms with Crippen molar-refractivity contribution < 1.29 is 14.3 Å². The van der Waals surface area contributed by atoms with Gasteiger partial charge in [-0.3, -0.25) is 9.78 Å². The van der Waals surface area contributed by atoms with Crippen LogP contribution < -0.4 is 20.1 Å². The number of carbonyl (C=O) groups is 1. The minimum Gasteiger partial charge on any atom is -0.490 e. The van der Waals surface area contributed by atoms with Crippen LogP contribution in [0, 0.1) is 0 Å². The highest BCUT2D eigenvalue weighted by atomic mass is 16.5. The number of rotatable bonds is 5. The third-order valence-electron chi connectivity index (χ3n) is 3.29. The molecule has 0 unspecified atom stereocenters. The molecule has 7 nitrogen and oxygen atoms in total. The van der Waals surface area contributed by atoms with Crippen molar-refractivity contribution in [2.45, 2.75) is 6.42 Å². The molecular formula is C16H18N4O3. The standard InChI is InChI=1S/C16H18N4O3/c21-16(20-7-6-19-15-11-17-4-5-18-15)12-2-3-13-14(10-12)23-9-1-8-22-13/h2-5,10-11H,1,6-9H2,(H,18,19)(H,20,21). The number of aromatic nitrogens is 2. The van der Waals surface area contributed by atoms with Gasteiger partial charge in [-0.2, -0.15) is 0 Å². The Balaban J connectivity index is 1.51. The number of hydrogen-bond donors (Lipinski definition) is 2. The maximum absolute atomic E-state index is 12.2. The molecular weight excluding hydrogens is 296 g/mol. The molecule has 1 aliphatic rings. The molecule has 120 valence electrons. The summed E-state index contributed by atoms with van der Waals surface area (Å²) in [4.78, 5) is 20.2. The minimum absolute atomic E-state index is 0.151. The number of amides is 1. The fourth-order valence-electron chi connectivity index (χ4n) is 2.16. The first-order valence-corrected chi connectivity index (χ1v) is 7.51. The Labute approximate surface area is 134 Å². The van der Waals surface area contributed by atoms with Gasteiger partial charge in [0.15, 0.2) is 11.5 Å². The van der Waals surface area contributed by atoms with E-state index in [0.29, 0.717) is 49.2 Å². The summed E-state index contributed by atoms with van der Waals surface area (Å²) in [5.74, 6) is 1.83. The van der Waals surface area contributed by atoms with Crippen molar-refractivity contribution in [1.29, 1.82) is 0 Å². The maximum atomic E-state index is 12.2. The zero-order valence-corrected chi connectivity index (χ0v) is 12.6. The van der Waals surface area contributed by atoms with E-state index in [1.807, 2.05) is 0 Å². The summed E-state index contributed by atoms with van der Waals surface area (Å²) in [5, 5.41) is 5.92. The molecule has 0 fully saturated rings. The summed E-state index contributed by atoms with van der Waals surface area (Å²) in [7, 11) is 0. The number of benzene rings is 1. The van der Waals surface area contributed by atoms with Gasteiger partial charge in [-0.1, -0.05) is 0 Å². The second kappa shape index (κ2) is 7.44. The molecule has 2 heterocycles. The van der Waals surface area contributed by atoms with E-state index in [9.17, 15) is 4.79 Å². The highest BCUT2D eigenvalue weighted by Crippen LogP contribution is 2.30. The molecule has 7 heteroatoms. The zero-order chi connectivity index (χ0) is 15.9. The molecule has 0 radical (unpaired) electrons. The Morgan fingerprint density at radius 2 is 2.00 bits per heavy atom. The molecule has 0 saturated carbocycles. The van der Waals surface area contributed by atoms with E-state index >= 15 is 0 Å². The Morgan fingerprint density at radius 3 is 2.83 bits per heavy atom. The number of nitrogens with zero attached hydrogens (tertiary/aromatic N) is 2. The first-order chi connectivity index (χ1) is 11.3. The van der Waals surface area contributed by atoms with Crippen molar-refractivity contribution >= 4 is 11.7 Å². The minimum atomic E-state index is -0.151. The Morgan fingerprint density at radius 1 is 1.13 bits per heavy atom. The lowest BCUT2D eigenvalue weighted by molar-refractivity contribution is 0.0954. The van der Waals surface area contributed by atoms with Crippen LogP contribution in [0.4, 0.5) is 5.82 Å². The summed E-state index contributed by atoms with van der Waals surface area (Å²) in [6.07, 6.45) is 5.69. The predicted molar refractivity (Wildman–Crippen MR) is 84.9 cm³/mol. The molecule has 23 heavy (non-hydrogen) atoms. The molecule has 1 aromatic heterocycles. The van der Waals surface area contributed by atoms with Crippen LogP contribution in [0.15, 0.2) is 36.8 Å². The summed E-state index contributed by atoms with van der Waals surface area (Å²) in [6, 6.07) is 5.22. The topological polar surface area (TPSA) is 85.4 Å². The molecule has 1 aromatic carbocycles. The van der Waals surface area contributed by atoms with Crippen LogP contribution in [0.1, 0.15) is 16.8 Å². The van der Waals surface area contributed by atoms with Crippen molar-refractivity contribution in [3.8, 4) is 11.5 Å². The summed E-state index contributed by atoms with van der Waals surface area (Å²) in [6.45, 7) is 2.27. The molecule has 0 atom stereocenters. The van der Waals surface area contributed by atoms with Crippen molar-refractivity contribution in [3.05, 3.63) is 42.4 Å². The van der Waals surface area contributed by atoms with Gasteiger partial charge in [0.2, 0.25) is 0 Å². The average molecular weight is 314 g/mol. The second-order valence-electron chi connectivity index (χ2n) is 4.99. The van der Waals surface area contributed by atoms with Crippen LogP contribution in [0.25, 0.3) is 0 Å². The zero-order valence-electron chi connectivity index (χ0n) is 12.6. The third-order valence-corrected chi connectivity index (χ3v) is 3.29. The van der Waals surface area contributed by atoms with Gasteiger partial charge >= 0.3 is 0 Å². The number of carbonyl (C=O) groups excluding carboxylic acids is 1. The fourth-order valence-corrected chi connectivity index (χ4v) is 2.16. The van der Waals surface area contributed by atoms with Gasteiger partial charge in [0.25, 0.3) is 5.91 Å². The molecule has 0 spiro atoms. The average Bonchev–Trinajstić information content (AvgIpc) is 2.84. The van der Waals surface area contributed by atoms with E-state index in [2.05, 4.69) is 20.6 Å². The first kappa shape index (κ1) is 15.1. The summed E-state index contributed by atoms with van der Waals surface area (Å²) in [5.41, 5.74) is 0.550. The van der Waals surface area contributed by atoms with Crippen LogP contribution in [-0.4, -0.2) is 42.2 Å². The van der Waals surface area contributed by atoms with Crippen molar-refractivity contribution in [2.24, 2.45) is 0 Å². The van der Waals surface area contributed by atoms with Crippen LogP contribution in [0.5, 0.6) is 11.5 Å². The van der Waals surface area contributed by atoms with E-state index in [-0.39, 0.29) is 5.91 Å². The second-order valence-corrected chi connectivity index (χ2v) is 4.99. The quantitative estimate of drug-likeness (QED) is 0.813. The molecule has 3 rings (SSSR count). The molecule has 0 bridgehead atoms. The number of fused-ring (bicyclic) bond motifs is 1. The summed E-state index contributed by atoms with van der Waals surface area (Å²) >= 11 is 0. The van der Waals surface area contributed by atoms with E-state index in [0.717, 1.165) is 6.42 Å².